The summed E-state index contributed by atoms with van der Waals surface area (Å²) in [4.78, 5) is 12.4. The van der Waals surface area contributed by atoms with Gasteiger partial charge in [-0.05, 0) is 77.4 Å². The standard InChI is InChI=1S/C21H24BrClN2O2S/c1-3-4-5-6-11-27-19-10-8-15(12-17(19)22)20(26)25-21(28)24-16-9-7-14(2)18(23)13-16/h7-10,12-13H,3-6,11H2,1-2H3,(H2,24,25,26,28). The Morgan fingerprint density at radius 3 is 2.64 bits per heavy atom. The maximum atomic E-state index is 12.4. The van der Waals surface area contributed by atoms with Gasteiger partial charge in [-0.25, -0.2) is 0 Å². The van der Waals surface area contributed by atoms with Crippen molar-refractivity contribution in [3.05, 3.63) is 57.0 Å². The van der Waals surface area contributed by atoms with E-state index in [1.165, 1.54) is 12.8 Å². The lowest BCUT2D eigenvalue weighted by Crippen LogP contribution is -2.34. The van der Waals surface area contributed by atoms with Gasteiger partial charge in [0.2, 0.25) is 0 Å². The van der Waals surface area contributed by atoms with Crippen LogP contribution < -0.4 is 15.4 Å². The predicted octanol–water partition coefficient (Wildman–Crippen LogP) is 6.50. The number of unbranched alkanes of at least 4 members (excludes halogenated alkanes) is 3. The molecule has 2 aromatic rings. The maximum Gasteiger partial charge on any atom is 0.257 e. The third kappa shape index (κ3) is 7.08. The molecule has 0 atom stereocenters. The SMILES string of the molecule is CCCCCCOc1ccc(C(=O)NC(=S)Nc2ccc(C)c(Cl)c2)cc1Br. The Balaban J connectivity index is 1.89. The normalized spacial score (nSPS) is 10.4. The van der Waals surface area contributed by atoms with Crippen LogP contribution in [0.3, 0.4) is 0 Å². The van der Waals surface area contributed by atoms with Crippen molar-refractivity contribution < 1.29 is 9.53 Å². The van der Waals surface area contributed by atoms with Crippen molar-refractivity contribution in [2.75, 3.05) is 11.9 Å². The first-order valence-corrected chi connectivity index (χ1v) is 10.8. The smallest absolute Gasteiger partial charge is 0.257 e. The minimum absolute atomic E-state index is 0.206. The van der Waals surface area contributed by atoms with Gasteiger partial charge in [0.15, 0.2) is 5.11 Å². The van der Waals surface area contributed by atoms with E-state index in [-0.39, 0.29) is 11.0 Å². The fraction of sp³-hybridized carbons (Fsp3) is 0.333. The van der Waals surface area contributed by atoms with E-state index in [0.717, 1.165) is 28.6 Å². The molecule has 2 N–H and O–H groups in total. The number of halogens is 2. The third-order valence-corrected chi connectivity index (χ3v) is 5.34. The first kappa shape index (κ1) is 22.7. The van der Waals surface area contributed by atoms with E-state index in [0.29, 0.717) is 22.9 Å². The molecule has 1 amide bonds. The highest BCUT2D eigenvalue weighted by molar-refractivity contribution is 9.10. The topological polar surface area (TPSA) is 50.4 Å². The molecule has 0 heterocycles. The van der Waals surface area contributed by atoms with Gasteiger partial charge in [0, 0.05) is 16.3 Å². The number of carbonyl (C=O) groups is 1. The Morgan fingerprint density at radius 1 is 1.18 bits per heavy atom. The van der Waals surface area contributed by atoms with E-state index in [1.807, 2.05) is 19.1 Å². The summed E-state index contributed by atoms with van der Waals surface area (Å²) in [5, 5.41) is 6.47. The van der Waals surface area contributed by atoms with E-state index in [4.69, 9.17) is 28.6 Å². The molecule has 0 aliphatic rings. The lowest BCUT2D eigenvalue weighted by atomic mass is 10.2. The predicted molar refractivity (Wildman–Crippen MR) is 124 cm³/mol. The van der Waals surface area contributed by atoms with E-state index in [1.54, 1.807) is 24.3 Å². The summed E-state index contributed by atoms with van der Waals surface area (Å²) in [6, 6.07) is 10.7. The van der Waals surface area contributed by atoms with Crippen LogP contribution in [0.4, 0.5) is 5.69 Å². The van der Waals surface area contributed by atoms with Gasteiger partial charge in [-0.15, -0.1) is 0 Å². The molecule has 0 saturated carbocycles. The summed E-state index contributed by atoms with van der Waals surface area (Å²) in [6.45, 7) is 4.76. The molecule has 2 aromatic carbocycles. The highest BCUT2D eigenvalue weighted by Crippen LogP contribution is 2.26. The Kier molecular flexibility index (Phi) is 9.22. The van der Waals surface area contributed by atoms with E-state index < -0.39 is 0 Å². The number of hydrogen-bond acceptors (Lipinski definition) is 3. The van der Waals surface area contributed by atoms with E-state index in [9.17, 15) is 4.79 Å². The van der Waals surface area contributed by atoms with Crippen molar-refractivity contribution in [3.8, 4) is 5.75 Å². The molecule has 0 fully saturated rings. The van der Waals surface area contributed by atoms with Crippen LogP contribution >= 0.6 is 39.7 Å². The third-order valence-electron chi connectivity index (χ3n) is 4.11. The average Bonchev–Trinajstić information content (AvgIpc) is 2.65. The second-order valence-electron chi connectivity index (χ2n) is 6.43. The number of benzene rings is 2. The van der Waals surface area contributed by atoms with E-state index >= 15 is 0 Å². The average molecular weight is 484 g/mol. The van der Waals surface area contributed by atoms with Gasteiger partial charge < -0.3 is 10.1 Å². The van der Waals surface area contributed by atoms with Gasteiger partial charge in [0.1, 0.15) is 5.75 Å². The van der Waals surface area contributed by atoms with Crippen LogP contribution in [0, 0.1) is 6.92 Å². The van der Waals surface area contributed by atoms with Crippen molar-refractivity contribution in [3.63, 3.8) is 0 Å². The quantitative estimate of drug-likeness (QED) is 0.332. The van der Waals surface area contributed by atoms with Crippen molar-refractivity contribution in [2.24, 2.45) is 0 Å². The molecule has 28 heavy (non-hydrogen) atoms. The Labute approximate surface area is 185 Å². The summed E-state index contributed by atoms with van der Waals surface area (Å²) in [6.07, 6.45) is 4.59. The number of rotatable bonds is 8. The van der Waals surface area contributed by atoms with Gasteiger partial charge in [0.05, 0.1) is 11.1 Å². The molecule has 0 bridgehead atoms. The molecule has 0 aliphatic carbocycles. The molecule has 0 aliphatic heterocycles. The second-order valence-corrected chi connectivity index (χ2v) is 8.10. The lowest BCUT2D eigenvalue weighted by Gasteiger charge is -2.12. The number of aryl methyl sites for hydroxylation is 1. The van der Waals surface area contributed by atoms with Crippen LogP contribution in [-0.4, -0.2) is 17.6 Å². The zero-order valence-electron chi connectivity index (χ0n) is 16.0. The molecular weight excluding hydrogens is 460 g/mol. The van der Waals surface area contributed by atoms with Crippen molar-refractivity contribution in [1.82, 2.24) is 5.32 Å². The Hall–Kier alpha value is -1.63. The van der Waals surface area contributed by atoms with Crippen LogP contribution in [0.15, 0.2) is 40.9 Å². The molecule has 0 unspecified atom stereocenters. The number of carbonyl (C=O) groups excluding carboxylic acids is 1. The molecular formula is C21H24BrClN2O2S. The molecule has 4 nitrogen and oxygen atoms in total. The first-order chi connectivity index (χ1) is 13.4. The van der Waals surface area contributed by atoms with Crippen LogP contribution in [-0.2, 0) is 0 Å². The van der Waals surface area contributed by atoms with Crippen molar-refractivity contribution >= 4 is 56.5 Å². The summed E-state index contributed by atoms with van der Waals surface area (Å²) in [7, 11) is 0. The molecule has 0 saturated heterocycles. The molecule has 2 rings (SSSR count). The fourth-order valence-electron chi connectivity index (χ4n) is 2.48. The van der Waals surface area contributed by atoms with Crippen LogP contribution in [0.25, 0.3) is 0 Å². The molecule has 0 radical (unpaired) electrons. The zero-order valence-corrected chi connectivity index (χ0v) is 19.1. The number of anilines is 1. The number of thiocarbonyl (C=S) groups is 1. The number of amides is 1. The highest BCUT2D eigenvalue weighted by atomic mass is 79.9. The maximum absolute atomic E-state index is 12.4. The lowest BCUT2D eigenvalue weighted by molar-refractivity contribution is 0.0977. The van der Waals surface area contributed by atoms with Gasteiger partial charge in [0.25, 0.3) is 5.91 Å². The Morgan fingerprint density at radius 2 is 1.96 bits per heavy atom. The van der Waals surface area contributed by atoms with Crippen molar-refractivity contribution in [1.29, 1.82) is 0 Å². The van der Waals surface area contributed by atoms with Crippen LogP contribution in [0.2, 0.25) is 5.02 Å². The van der Waals surface area contributed by atoms with Gasteiger partial charge in [-0.3, -0.25) is 10.1 Å². The zero-order chi connectivity index (χ0) is 20.5. The minimum atomic E-state index is -0.300. The van der Waals surface area contributed by atoms with E-state index in [2.05, 4.69) is 33.5 Å². The first-order valence-electron chi connectivity index (χ1n) is 9.21. The van der Waals surface area contributed by atoms with Gasteiger partial charge in [-0.1, -0.05) is 43.9 Å². The number of nitrogens with one attached hydrogen (secondary N) is 2. The number of hydrogen-bond donors (Lipinski definition) is 2. The highest BCUT2D eigenvalue weighted by Gasteiger charge is 2.11. The minimum Gasteiger partial charge on any atom is -0.492 e. The van der Waals surface area contributed by atoms with Crippen LogP contribution in [0.1, 0.15) is 48.5 Å². The summed E-state index contributed by atoms with van der Waals surface area (Å²) < 4.78 is 6.51. The second kappa shape index (κ2) is 11.4. The molecule has 0 aromatic heterocycles. The summed E-state index contributed by atoms with van der Waals surface area (Å²) in [5.41, 5.74) is 2.17. The number of ether oxygens (including phenoxy) is 1. The Bertz CT molecular complexity index is 845. The largest absolute Gasteiger partial charge is 0.492 e. The van der Waals surface area contributed by atoms with Crippen LogP contribution in [0.5, 0.6) is 5.75 Å². The van der Waals surface area contributed by atoms with Gasteiger partial charge >= 0.3 is 0 Å². The van der Waals surface area contributed by atoms with Gasteiger partial charge in [-0.2, -0.15) is 0 Å². The molecule has 0 spiro atoms. The monoisotopic (exact) mass is 482 g/mol. The summed E-state index contributed by atoms with van der Waals surface area (Å²) in [5.74, 6) is 0.425. The summed E-state index contributed by atoms with van der Waals surface area (Å²) >= 11 is 14.8. The molecule has 7 heteroatoms. The fourth-order valence-corrected chi connectivity index (χ4v) is 3.36. The van der Waals surface area contributed by atoms with Crippen molar-refractivity contribution in [2.45, 2.75) is 39.5 Å². The molecule has 150 valence electrons.